The topological polar surface area (TPSA) is 26.8 Å². The van der Waals surface area contributed by atoms with Crippen molar-refractivity contribution in [2.24, 2.45) is 11.3 Å². The number of carbonyl (C=O) groups is 1. The van der Waals surface area contributed by atoms with Crippen LogP contribution in [0.3, 0.4) is 0 Å². The van der Waals surface area contributed by atoms with Crippen LogP contribution in [0, 0.1) is 11.3 Å². The van der Waals surface area contributed by atoms with Crippen molar-refractivity contribution >= 4 is 11.6 Å². The predicted octanol–water partition coefficient (Wildman–Crippen LogP) is 4.07. The number of para-hydroxylation sites is 1. The average molecular weight is 418 g/mol. The normalized spacial score (nSPS) is 23.2. The second kappa shape index (κ2) is 9.04. The van der Waals surface area contributed by atoms with Crippen LogP contribution in [0.4, 0.5) is 5.69 Å². The number of carbonyl (C=O) groups excluding carboxylic acids is 1. The molecule has 1 amide bonds. The third-order valence-electron chi connectivity index (χ3n) is 7.83. The number of anilines is 1. The van der Waals surface area contributed by atoms with Crippen molar-refractivity contribution in [1.82, 2.24) is 9.80 Å². The Kier molecular flexibility index (Phi) is 5.99. The summed E-state index contributed by atoms with van der Waals surface area (Å²) in [5.74, 6) is 0.729. The van der Waals surface area contributed by atoms with Gasteiger partial charge in [0.25, 0.3) is 0 Å². The van der Waals surface area contributed by atoms with E-state index in [9.17, 15) is 4.79 Å². The van der Waals surface area contributed by atoms with E-state index in [1.807, 2.05) is 0 Å². The molecule has 31 heavy (non-hydrogen) atoms. The third kappa shape index (κ3) is 4.64. The SMILES string of the molecule is O=C([C@@H]1CC12CCN(CCCc1ccccc1)CC2)N1CCN(c2ccccc2)CC1. The van der Waals surface area contributed by atoms with Gasteiger partial charge in [-0.15, -0.1) is 0 Å². The summed E-state index contributed by atoms with van der Waals surface area (Å²) in [7, 11) is 0. The number of rotatable bonds is 6. The van der Waals surface area contributed by atoms with Crippen LogP contribution < -0.4 is 4.90 Å². The molecular weight excluding hydrogens is 382 g/mol. The van der Waals surface area contributed by atoms with Crippen molar-refractivity contribution in [3.8, 4) is 0 Å². The fourth-order valence-corrected chi connectivity index (χ4v) is 5.67. The predicted molar refractivity (Wildman–Crippen MR) is 126 cm³/mol. The molecule has 3 fully saturated rings. The van der Waals surface area contributed by atoms with Gasteiger partial charge in [-0.1, -0.05) is 48.5 Å². The summed E-state index contributed by atoms with van der Waals surface area (Å²) in [5, 5.41) is 0. The minimum atomic E-state index is 0.294. The minimum Gasteiger partial charge on any atom is -0.368 e. The molecule has 1 saturated carbocycles. The van der Waals surface area contributed by atoms with E-state index in [0.29, 0.717) is 17.2 Å². The lowest BCUT2D eigenvalue weighted by molar-refractivity contribution is -0.134. The summed E-state index contributed by atoms with van der Waals surface area (Å²) in [5.41, 5.74) is 3.04. The van der Waals surface area contributed by atoms with Gasteiger partial charge in [0.1, 0.15) is 0 Å². The van der Waals surface area contributed by atoms with Gasteiger partial charge in [0.15, 0.2) is 0 Å². The molecule has 2 aliphatic heterocycles. The second-order valence-electron chi connectivity index (χ2n) is 9.70. The van der Waals surface area contributed by atoms with Gasteiger partial charge in [-0.05, 0) is 74.8 Å². The van der Waals surface area contributed by atoms with E-state index in [-0.39, 0.29) is 0 Å². The lowest BCUT2D eigenvalue weighted by Gasteiger charge is -2.37. The zero-order valence-corrected chi connectivity index (χ0v) is 18.6. The Hall–Kier alpha value is -2.33. The molecule has 0 bridgehead atoms. The molecule has 0 unspecified atom stereocenters. The zero-order chi connectivity index (χ0) is 21.1. The van der Waals surface area contributed by atoms with Gasteiger partial charge in [0.05, 0.1) is 0 Å². The van der Waals surface area contributed by atoms with Crippen molar-refractivity contribution in [1.29, 1.82) is 0 Å². The van der Waals surface area contributed by atoms with Gasteiger partial charge in [-0.25, -0.2) is 0 Å². The number of piperazine rings is 1. The number of nitrogens with zero attached hydrogens (tertiary/aromatic N) is 3. The highest BCUT2D eigenvalue weighted by atomic mass is 16.2. The Labute approximate surface area is 186 Å². The van der Waals surface area contributed by atoms with E-state index in [4.69, 9.17) is 0 Å². The lowest BCUT2D eigenvalue weighted by Crippen LogP contribution is -2.50. The first kappa shape index (κ1) is 20.6. The number of piperidine rings is 1. The van der Waals surface area contributed by atoms with Crippen LogP contribution in [0.5, 0.6) is 0 Å². The quantitative estimate of drug-likeness (QED) is 0.709. The molecular formula is C27H35N3O. The van der Waals surface area contributed by atoms with E-state index in [2.05, 4.69) is 75.4 Å². The van der Waals surface area contributed by atoms with E-state index in [1.165, 1.54) is 56.6 Å². The van der Waals surface area contributed by atoms with Crippen LogP contribution in [-0.2, 0) is 11.2 Å². The first-order valence-electron chi connectivity index (χ1n) is 12.1. The van der Waals surface area contributed by atoms with Crippen LogP contribution in [0.1, 0.15) is 31.2 Å². The standard InChI is InChI=1S/C27H35N3O/c31-26(30-20-18-29(19-21-30)24-11-5-2-6-12-24)25-22-27(25)13-16-28(17-14-27)15-7-10-23-8-3-1-4-9-23/h1-6,8-9,11-12,25H,7,10,13-22H2/t25-/m0/s1. The Morgan fingerprint density at radius 3 is 2.16 bits per heavy atom. The van der Waals surface area contributed by atoms with Crippen LogP contribution in [0.15, 0.2) is 60.7 Å². The summed E-state index contributed by atoms with van der Waals surface area (Å²) in [6, 6.07) is 21.4. The lowest BCUT2D eigenvalue weighted by atomic mass is 9.90. The maximum Gasteiger partial charge on any atom is 0.226 e. The van der Waals surface area contributed by atoms with E-state index in [1.54, 1.807) is 0 Å². The van der Waals surface area contributed by atoms with Crippen molar-refractivity contribution in [2.45, 2.75) is 32.1 Å². The molecule has 1 spiro atoms. The molecule has 1 aliphatic carbocycles. The number of hydrogen-bond donors (Lipinski definition) is 0. The molecule has 1 atom stereocenters. The van der Waals surface area contributed by atoms with Crippen LogP contribution in [0.2, 0.25) is 0 Å². The fourth-order valence-electron chi connectivity index (χ4n) is 5.67. The van der Waals surface area contributed by atoms with Crippen molar-refractivity contribution < 1.29 is 4.79 Å². The van der Waals surface area contributed by atoms with Gasteiger partial charge in [0, 0.05) is 37.8 Å². The smallest absolute Gasteiger partial charge is 0.226 e. The number of likely N-dealkylation sites (tertiary alicyclic amines) is 1. The molecule has 0 aromatic heterocycles. The second-order valence-corrected chi connectivity index (χ2v) is 9.70. The Balaban J connectivity index is 1.04. The molecule has 4 heteroatoms. The largest absolute Gasteiger partial charge is 0.368 e. The van der Waals surface area contributed by atoms with Gasteiger partial charge in [-0.3, -0.25) is 4.79 Å². The minimum absolute atomic E-state index is 0.294. The van der Waals surface area contributed by atoms with E-state index in [0.717, 1.165) is 32.6 Å². The van der Waals surface area contributed by atoms with Gasteiger partial charge in [-0.2, -0.15) is 0 Å². The first-order valence-corrected chi connectivity index (χ1v) is 12.1. The highest BCUT2D eigenvalue weighted by molar-refractivity contribution is 5.83. The van der Waals surface area contributed by atoms with Crippen molar-refractivity contribution in [3.05, 3.63) is 66.2 Å². The molecule has 2 aromatic rings. The highest BCUT2D eigenvalue weighted by Crippen LogP contribution is 2.60. The van der Waals surface area contributed by atoms with Gasteiger partial charge >= 0.3 is 0 Å². The molecule has 5 rings (SSSR count). The number of hydrogen-bond acceptors (Lipinski definition) is 3. The van der Waals surface area contributed by atoms with Crippen LogP contribution in [0.25, 0.3) is 0 Å². The first-order chi connectivity index (χ1) is 15.2. The van der Waals surface area contributed by atoms with Crippen molar-refractivity contribution in [3.63, 3.8) is 0 Å². The average Bonchev–Trinajstić information content (AvgIpc) is 3.54. The monoisotopic (exact) mass is 417 g/mol. The summed E-state index contributed by atoms with van der Waals surface area (Å²) in [6.07, 6.45) is 5.93. The van der Waals surface area contributed by atoms with E-state index >= 15 is 0 Å². The fraction of sp³-hybridized carbons (Fsp3) is 0.519. The summed E-state index contributed by atoms with van der Waals surface area (Å²) < 4.78 is 0. The van der Waals surface area contributed by atoms with Gasteiger partial charge in [0.2, 0.25) is 5.91 Å². The molecule has 2 aromatic carbocycles. The number of benzene rings is 2. The molecule has 0 N–H and O–H groups in total. The molecule has 2 heterocycles. The third-order valence-corrected chi connectivity index (χ3v) is 7.83. The molecule has 3 aliphatic rings. The zero-order valence-electron chi connectivity index (χ0n) is 18.6. The summed E-state index contributed by atoms with van der Waals surface area (Å²) in [4.78, 5) is 20.3. The Morgan fingerprint density at radius 2 is 1.48 bits per heavy atom. The van der Waals surface area contributed by atoms with Gasteiger partial charge < -0.3 is 14.7 Å². The highest BCUT2D eigenvalue weighted by Gasteiger charge is 2.59. The maximum atomic E-state index is 13.2. The maximum absolute atomic E-state index is 13.2. The molecule has 164 valence electrons. The van der Waals surface area contributed by atoms with Crippen LogP contribution in [-0.4, -0.2) is 61.5 Å². The Morgan fingerprint density at radius 1 is 0.839 bits per heavy atom. The van der Waals surface area contributed by atoms with Crippen molar-refractivity contribution in [2.75, 3.05) is 50.7 Å². The van der Waals surface area contributed by atoms with E-state index < -0.39 is 0 Å². The Bertz CT molecular complexity index is 853. The summed E-state index contributed by atoms with van der Waals surface area (Å²) >= 11 is 0. The summed E-state index contributed by atoms with van der Waals surface area (Å²) in [6.45, 7) is 7.15. The number of aryl methyl sites for hydroxylation is 1. The number of amides is 1. The molecule has 0 radical (unpaired) electrons. The van der Waals surface area contributed by atoms with Crippen LogP contribution >= 0.6 is 0 Å². The molecule has 2 saturated heterocycles. The molecule has 4 nitrogen and oxygen atoms in total.